The highest BCUT2D eigenvalue weighted by molar-refractivity contribution is 5.77. The Bertz CT molecular complexity index is 799. The van der Waals surface area contributed by atoms with Crippen molar-refractivity contribution in [3.8, 4) is 0 Å². The zero-order chi connectivity index (χ0) is 19.7. The molecule has 0 saturated carbocycles. The van der Waals surface area contributed by atoms with Crippen molar-refractivity contribution in [2.24, 2.45) is 11.8 Å². The number of hydrogen-bond donors (Lipinski definition) is 0. The van der Waals surface area contributed by atoms with Crippen molar-refractivity contribution in [2.75, 3.05) is 31.1 Å². The van der Waals surface area contributed by atoms with E-state index in [0.29, 0.717) is 24.2 Å². The van der Waals surface area contributed by atoms with Crippen LogP contribution < -0.4 is 4.90 Å². The maximum absolute atomic E-state index is 12.6. The van der Waals surface area contributed by atoms with Gasteiger partial charge in [-0.3, -0.25) is 4.79 Å². The van der Waals surface area contributed by atoms with Crippen molar-refractivity contribution in [1.29, 1.82) is 0 Å². The molecule has 2 atom stereocenters. The number of nitrogens with zero attached hydrogens (tertiary/aromatic N) is 4. The lowest BCUT2D eigenvalue weighted by Crippen LogP contribution is -2.33. The van der Waals surface area contributed by atoms with Gasteiger partial charge >= 0.3 is 0 Å². The number of hydrogen-bond acceptors (Lipinski definition) is 4. The molecule has 0 spiro atoms. The Labute approximate surface area is 167 Å². The number of amides is 1. The van der Waals surface area contributed by atoms with Gasteiger partial charge in [0.1, 0.15) is 0 Å². The molecular formula is C23H30N4O. The standard InChI is InChI=1S/C23H30N4O/c1-23(2,3)20-10-11-21(25-24-20)26-13-18-15-27(16-19(18)14-26)22(28)12-9-17-7-5-4-6-8-17/h4-8,10-11,18-19H,9,12-16H2,1-3H3. The molecule has 2 unspecified atom stereocenters. The van der Waals surface area contributed by atoms with Gasteiger partial charge < -0.3 is 9.80 Å². The third-order valence-electron chi connectivity index (χ3n) is 6.05. The summed E-state index contributed by atoms with van der Waals surface area (Å²) in [5.41, 5.74) is 2.28. The average molecular weight is 379 g/mol. The summed E-state index contributed by atoms with van der Waals surface area (Å²) in [6.07, 6.45) is 1.43. The molecule has 0 aliphatic carbocycles. The number of rotatable bonds is 4. The first-order chi connectivity index (χ1) is 13.4. The quantitative estimate of drug-likeness (QED) is 0.819. The minimum atomic E-state index is 0.0215. The molecule has 2 aliphatic heterocycles. The molecule has 0 N–H and O–H groups in total. The van der Waals surface area contributed by atoms with Crippen LogP contribution in [-0.4, -0.2) is 47.2 Å². The Hall–Kier alpha value is -2.43. The molecule has 5 heteroatoms. The molecule has 2 aromatic rings. The first-order valence-electron chi connectivity index (χ1n) is 10.3. The second-order valence-corrected chi connectivity index (χ2v) is 9.24. The number of likely N-dealkylation sites (tertiary alicyclic amines) is 1. The number of carbonyl (C=O) groups is 1. The molecule has 2 aliphatic rings. The summed E-state index contributed by atoms with van der Waals surface area (Å²) in [6, 6.07) is 14.5. The van der Waals surface area contributed by atoms with E-state index >= 15 is 0 Å². The first-order valence-corrected chi connectivity index (χ1v) is 10.3. The van der Waals surface area contributed by atoms with Crippen LogP contribution in [0.25, 0.3) is 0 Å². The van der Waals surface area contributed by atoms with Crippen molar-refractivity contribution in [1.82, 2.24) is 15.1 Å². The summed E-state index contributed by atoms with van der Waals surface area (Å²) < 4.78 is 0. The van der Waals surface area contributed by atoms with Crippen LogP contribution in [0.2, 0.25) is 0 Å². The van der Waals surface area contributed by atoms with Crippen LogP contribution in [0.4, 0.5) is 5.82 Å². The smallest absolute Gasteiger partial charge is 0.222 e. The van der Waals surface area contributed by atoms with E-state index < -0.39 is 0 Å². The number of aryl methyl sites for hydroxylation is 1. The number of aromatic nitrogens is 2. The summed E-state index contributed by atoms with van der Waals surface area (Å²) in [7, 11) is 0. The van der Waals surface area contributed by atoms with Gasteiger partial charge in [-0.15, -0.1) is 5.10 Å². The van der Waals surface area contributed by atoms with Gasteiger partial charge in [-0.1, -0.05) is 51.1 Å². The lowest BCUT2D eigenvalue weighted by Gasteiger charge is -2.23. The zero-order valence-electron chi connectivity index (χ0n) is 17.1. The average Bonchev–Trinajstić information content (AvgIpc) is 3.26. The second kappa shape index (κ2) is 7.53. The van der Waals surface area contributed by atoms with Crippen LogP contribution in [0.5, 0.6) is 0 Å². The SMILES string of the molecule is CC(C)(C)c1ccc(N2CC3CN(C(=O)CCc4ccccc4)CC3C2)nn1. The predicted molar refractivity (Wildman–Crippen MR) is 111 cm³/mol. The van der Waals surface area contributed by atoms with Gasteiger partial charge in [0.15, 0.2) is 5.82 Å². The van der Waals surface area contributed by atoms with Crippen molar-refractivity contribution < 1.29 is 4.79 Å². The Balaban J connectivity index is 1.30. The minimum Gasteiger partial charge on any atom is -0.354 e. The number of anilines is 1. The van der Waals surface area contributed by atoms with E-state index in [0.717, 1.165) is 44.1 Å². The topological polar surface area (TPSA) is 49.3 Å². The van der Waals surface area contributed by atoms with E-state index in [2.05, 4.69) is 65.0 Å². The van der Waals surface area contributed by atoms with Crippen molar-refractivity contribution in [2.45, 2.75) is 39.0 Å². The number of carbonyl (C=O) groups excluding carboxylic acids is 1. The summed E-state index contributed by atoms with van der Waals surface area (Å²) in [5, 5.41) is 8.90. The Morgan fingerprint density at radius 2 is 1.64 bits per heavy atom. The second-order valence-electron chi connectivity index (χ2n) is 9.24. The highest BCUT2D eigenvalue weighted by Crippen LogP contribution is 2.33. The summed E-state index contributed by atoms with van der Waals surface area (Å²) in [5.74, 6) is 2.35. The molecule has 1 aromatic heterocycles. The Morgan fingerprint density at radius 3 is 2.21 bits per heavy atom. The molecule has 1 amide bonds. The van der Waals surface area contributed by atoms with Crippen LogP contribution in [0.3, 0.4) is 0 Å². The largest absolute Gasteiger partial charge is 0.354 e. The fraction of sp³-hybridized carbons (Fsp3) is 0.522. The van der Waals surface area contributed by atoms with Crippen LogP contribution in [0.15, 0.2) is 42.5 Å². The van der Waals surface area contributed by atoms with Crippen molar-refractivity contribution in [3.05, 3.63) is 53.7 Å². The monoisotopic (exact) mass is 378 g/mol. The predicted octanol–water partition coefficient (Wildman–Crippen LogP) is 3.30. The molecule has 0 bridgehead atoms. The van der Waals surface area contributed by atoms with E-state index in [-0.39, 0.29) is 5.41 Å². The molecule has 2 fully saturated rings. The van der Waals surface area contributed by atoms with E-state index in [4.69, 9.17) is 0 Å². The fourth-order valence-electron chi connectivity index (χ4n) is 4.33. The highest BCUT2D eigenvalue weighted by atomic mass is 16.2. The lowest BCUT2D eigenvalue weighted by molar-refractivity contribution is -0.130. The molecule has 4 rings (SSSR count). The molecule has 5 nitrogen and oxygen atoms in total. The number of fused-ring (bicyclic) bond motifs is 1. The highest BCUT2D eigenvalue weighted by Gasteiger charge is 2.41. The Kier molecular flexibility index (Phi) is 5.09. The Morgan fingerprint density at radius 1 is 0.964 bits per heavy atom. The van der Waals surface area contributed by atoms with Crippen LogP contribution in [0, 0.1) is 11.8 Å². The zero-order valence-corrected chi connectivity index (χ0v) is 17.1. The molecule has 148 valence electrons. The van der Waals surface area contributed by atoms with Gasteiger partial charge in [0.2, 0.25) is 5.91 Å². The first kappa shape index (κ1) is 18.9. The molecular weight excluding hydrogens is 348 g/mol. The van der Waals surface area contributed by atoms with Crippen molar-refractivity contribution in [3.63, 3.8) is 0 Å². The maximum atomic E-state index is 12.6. The van der Waals surface area contributed by atoms with E-state index in [9.17, 15) is 4.79 Å². The summed E-state index contributed by atoms with van der Waals surface area (Å²) in [6.45, 7) is 10.2. The van der Waals surface area contributed by atoms with E-state index in [1.54, 1.807) is 0 Å². The maximum Gasteiger partial charge on any atom is 0.222 e. The fourth-order valence-corrected chi connectivity index (χ4v) is 4.33. The van der Waals surface area contributed by atoms with Crippen molar-refractivity contribution >= 4 is 11.7 Å². The van der Waals surface area contributed by atoms with Crippen LogP contribution in [-0.2, 0) is 16.6 Å². The van der Waals surface area contributed by atoms with Gasteiger partial charge in [0.05, 0.1) is 5.69 Å². The van der Waals surface area contributed by atoms with E-state index in [1.165, 1.54) is 5.56 Å². The summed E-state index contributed by atoms with van der Waals surface area (Å²) in [4.78, 5) is 17.0. The molecule has 3 heterocycles. The third-order valence-corrected chi connectivity index (χ3v) is 6.05. The van der Waals surface area contributed by atoms with Gasteiger partial charge in [0, 0.05) is 49.9 Å². The molecule has 1 aromatic carbocycles. The van der Waals surface area contributed by atoms with Crippen LogP contribution >= 0.6 is 0 Å². The molecule has 0 radical (unpaired) electrons. The molecule has 2 saturated heterocycles. The minimum absolute atomic E-state index is 0.0215. The summed E-state index contributed by atoms with van der Waals surface area (Å²) >= 11 is 0. The van der Waals surface area contributed by atoms with Crippen LogP contribution in [0.1, 0.15) is 38.4 Å². The lowest BCUT2D eigenvalue weighted by atomic mass is 9.92. The van der Waals surface area contributed by atoms with Gasteiger partial charge in [0.25, 0.3) is 0 Å². The number of benzene rings is 1. The molecule has 28 heavy (non-hydrogen) atoms. The third kappa shape index (κ3) is 4.03. The normalized spacial score (nSPS) is 21.8. The van der Waals surface area contributed by atoms with Gasteiger partial charge in [-0.05, 0) is 24.1 Å². The van der Waals surface area contributed by atoms with Gasteiger partial charge in [-0.25, -0.2) is 0 Å². The van der Waals surface area contributed by atoms with Gasteiger partial charge in [-0.2, -0.15) is 5.10 Å². The van der Waals surface area contributed by atoms with E-state index in [1.807, 2.05) is 18.2 Å².